The smallest absolute Gasteiger partial charge is 0.240 e. The first kappa shape index (κ1) is 16.8. The molecule has 0 spiro atoms. The van der Waals surface area contributed by atoms with Gasteiger partial charge in [0.25, 0.3) is 0 Å². The normalized spacial score (nSPS) is 14.7. The van der Waals surface area contributed by atoms with E-state index in [0.717, 1.165) is 5.56 Å². The third-order valence-electron chi connectivity index (χ3n) is 4.02. The molecule has 0 aliphatic carbocycles. The molecular weight excluding hydrogens is 399 g/mol. The first-order valence-corrected chi connectivity index (χ1v) is 8.76. The summed E-state index contributed by atoms with van der Waals surface area (Å²) in [4.78, 5) is 14.4. The van der Waals surface area contributed by atoms with E-state index in [2.05, 4.69) is 15.9 Å². The predicted molar refractivity (Wildman–Crippen MR) is 96.5 cm³/mol. The molecule has 1 aliphatic heterocycles. The summed E-state index contributed by atoms with van der Waals surface area (Å²) in [5.41, 5.74) is 9.29. The molecule has 1 aliphatic rings. The van der Waals surface area contributed by atoms with Gasteiger partial charge >= 0.3 is 0 Å². The summed E-state index contributed by atoms with van der Waals surface area (Å²) in [7, 11) is 0. The van der Waals surface area contributed by atoms with Gasteiger partial charge in [-0.1, -0.05) is 53.5 Å². The lowest BCUT2D eigenvalue weighted by Crippen LogP contribution is -2.42. The fraction of sp³-hybridized carbons (Fsp3) is 0.235. The van der Waals surface area contributed by atoms with Crippen LogP contribution in [0.2, 0.25) is 10.0 Å². The van der Waals surface area contributed by atoms with Gasteiger partial charge < -0.3 is 10.6 Å². The predicted octanol–water partition coefficient (Wildman–Crippen LogP) is 4.17. The number of carbonyl (C=O) groups is 1. The summed E-state index contributed by atoms with van der Waals surface area (Å²) in [5, 5.41) is 1.04. The topological polar surface area (TPSA) is 46.3 Å². The Morgan fingerprint density at radius 1 is 1.17 bits per heavy atom. The number of rotatable bonds is 3. The van der Waals surface area contributed by atoms with E-state index in [0.29, 0.717) is 34.0 Å². The highest BCUT2D eigenvalue weighted by Crippen LogP contribution is 2.33. The average Bonchev–Trinajstić information content (AvgIpc) is 2.98. The van der Waals surface area contributed by atoms with E-state index in [1.54, 1.807) is 17.0 Å². The molecule has 1 unspecified atom stereocenters. The van der Waals surface area contributed by atoms with Crippen LogP contribution in [0.4, 0.5) is 0 Å². The number of benzene rings is 2. The van der Waals surface area contributed by atoms with Gasteiger partial charge in [-0.05, 0) is 45.1 Å². The lowest BCUT2D eigenvalue weighted by atomic mass is 10.1. The summed E-state index contributed by atoms with van der Waals surface area (Å²) in [6.45, 7) is 1.22. The Morgan fingerprint density at radius 2 is 1.78 bits per heavy atom. The van der Waals surface area contributed by atoms with E-state index in [9.17, 15) is 4.79 Å². The van der Waals surface area contributed by atoms with Crippen LogP contribution in [0, 0.1) is 0 Å². The number of amides is 1. The SMILES string of the molecule is NC(Cc1ccc(Cl)c(Br)c1Cl)C(=O)N1Cc2ccccc2C1. The maximum absolute atomic E-state index is 12.6. The zero-order chi connectivity index (χ0) is 16.6. The zero-order valence-electron chi connectivity index (χ0n) is 12.2. The van der Waals surface area contributed by atoms with Gasteiger partial charge in [-0.15, -0.1) is 0 Å². The second-order valence-electron chi connectivity index (χ2n) is 5.61. The molecule has 0 saturated carbocycles. The van der Waals surface area contributed by atoms with Crippen LogP contribution in [-0.4, -0.2) is 16.8 Å². The van der Waals surface area contributed by atoms with Crippen molar-refractivity contribution >= 4 is 45.0 Å². The summed E-state index contributed by atoms with van der Waals surface area (Å²) in [5.74, 6) is -0.0664. The van der Waals surface area contributed by atoms with Crippen LogP contribution in [0.1, 0.15) is 16.7 Å². The van der Waals surface area contributed by atoms with E-state index in [1.807, 2.05) is 24.3 Å². The van der Waals surface area contributed by atoms with Crippen molar-refractivity contribution in [1.82, 2.24) is 4.90 Å². The van der Waals surface area contributed by atoms with Gasteiger partial charge in [0.2, 0.25) is 5.91 Å². The van der Waals surface area contributed by atoms with Crippen molar-refractivity contribution in [2.24, 2.45) is 5.73 Å². The number of hydrogen-bond acceptors (Lipinski definition) is 2. The Kier molecular flexibility index (Phi) is 4.97. The summed E-state index contributed by atoms with van der Waals surface area (Å²) >= 11 is 15.6. The molecule has 1 amide bonds. The summed E-state index contributed by atoms with van der Waals surface area (Å²) in [6, 6.07) is 11.0. The van der Waals surface area contributed by atoms with Gasteiger partial charge in [-0.3, -0.25) is 4.79 Å². The Labute approximate surface area is 153 Å². The summed E-state index contributed by atoms with van der Waals surface area (Å²) < 4.78 is 0.631. The second-order valence-corrected chi connectivity index (χ2v) is 7.19. The van der Waals surface area contributed by atoms with E-state index in [-0.39, 0.29) is 5.91 Å². The lowest BCUT2D eigenvalue weighted by molar-refractivity contribution is -0.133. The fourth-order valence-electron chi connectivity index (χ4n) is 2.77. The van der Waals surface area contributed by atoms with E-state index in [4.69, 9.17) is 28.9 Å². The largest absolute Gasteiger partial charge is 0.333 e. The van der Waals surface area contributed by atoms with Gasteiger partial charge in [-0.2, -0.15) is 0 Å². The third kappa shape index (κ3) is 3.41. The Hall–Kier alpha value is -1.07. The molecule has 2 aromatic carbocycles. The molecule has 3 rings (SSSR count). The molecule has 0 aromatic heterocycles. The number of nitrogens with two attached hydrogens (primary N) is 1. The Morgan fingerprint density at radius 3 is 2.39 bits per heavy atom. The van der Waals surface area contributed by atoms with Gasteiger partial charge in [-0.25, -0.2) is 0 Å². The van der Waals surface area contributed by atoms with Crippen LogP contribution >= 0.6 is 39.1 Å². The molecular formula is C17H15BrCl2N2O. The fourth-order valence-corrected chi connectivity index (χ4v) is 3.61. The molecule has 0 radical (unpaired) electrons. The molecule has 0 fully saturated rings. The molecule has 6 heteroatoms. The van der Waals surface area contributed by atoms with Crippen molar-refractivity contribution in [2.75, 3.05) is 0 Å². The van der Waals surface area contributed by atoms with Crippen molar-refractivity contribution < 1.29 is 4.79 Å². The number of carbonyl (C=O) groups excluding carboxylic acids is 1. The maximum atomic E-state index is 12.6. The quantitative estimate of drug-likeness (QED) is 0.767. The number of nitrogens with zero attached hydrogens (tertiary/aromatic N) is 1. The molecule has 23 heavy (non-hydrogen) atoms. The van der Waals surface area contributed by atoms with E-state index >= 15 is 0 Å². The number of halogens is 3. The molecule has 120 valence electrons. The van der Waals surface area contributed by atoms with Crippen LogP contribution in [0.15, 0.2) is 40.9 Å². The first-order chi connectivity index (χ1) is 11.0. The van der Waals surface area contributed by atoms with Crippen molar-refractivity contribution in [3.05, 3.63) is 67.6 Å². The van der Waals surface area contributed by atoms with Crippen molar-refractivity contribution in [2.45, 2.75) is 25.6 Å². The second kappa shape index (κ2) is 6.81. The average molecular weight is 414 g/mol. The standard InChI is InChI=1S/C17H15BrCl2N2O/c18-15-13(19)6-5-10(16(15)20)7-14(21)17(23)22-8-11-3-1-2-4-12(11)9-22/h1-6,14H,7-9,21H2. The zero-order valence-corrected chi connectivity index (χ0v) is 15.3. The van der Waals surface area contributed by atoms with Crippen molar-refractivity contribution in [3.8, 4) is 0 Å². The minimum Gasteiger partial charge on any atom is -0.333 e. The van der Waals surface area contributed by atoms with Crippen LogP contribution in [-0.2, 0) is 24.3 Å². The molecule has 0 bridgehead atoms. The molecule has 3 nitrogen and oxygen atoms in total. The van der Waals surface area contributed by atoms with E-state index in [1.165, 1.54) is 11.1 Å². The van der Waals surface area contributed by atoms with Crippen LogP contribution in [0.3, 0.4) is 0 Å². The van der Waals surface area contributed by atoms with Gasteiger partial charge in [0.05, 0.1) is 20.6 Å². The Balaban J connectivity index is 1.71. The van der Waals surface area contributed by atoms with Crippen molar-refractivity contribution in [1.29, 1.82) is 0 Å². The minimum absolute atomic E-state index is 0.0664. The molecule has 2 N–H and O–H groups in total. The van der Waals surface area contributed by atoms with Crippen LogP contribution in [0.25, 0.3) is 0 Å². The molecule has 1 heterocycles. The first-order valence-electron chi connectivity index (χ1n) is 7.21. The van der Waals surface area contributed by atoms with Gasteiger partial charge in [0.1, 0.15) is 0 Å². The van der Waals surface area contributed by atoms with Crippen molar-refractivity contribution in [3.63, 3.8) is 0 Å². The number of fused-ring (bicyclic) bond motifs is 1. The Bertz CT molecular complexity index is 741. The molecule has 1 atom stereocenters. The monoisotopic (exact) mass is 412 g/mol. The minimum atomic E-state index is -0.630. The summed E-state index contributed by atoms with van der Waals surface area (Å²) in [6.07, 6.45) is 0.375. The highest BCUT2D eigenvalue weighted by molar-refractivity contribution is 9.10. The molecule has 0 saturated heterocycles. The molecule has 2 aromatic rings. The third-order valence-corrected chi connectivity index (χ3v) is 6.05. The van der Waals surface area contributed by atoms with Gasteiger partial charge in [0.15, 0.2) is 0 Å². The lowest BCUT2D eigenvalue weighted by Gasteiger charge is -2.21. The van der Waals surface area contributed by atoms with E-state index < -0.39 is 6.04 Å². The van der Waals surface area contributed by atoms with Gasteiger partial charge in [0, 0.05) is 13.1 Å². The van der Waals surface area contributed by atoms with Crippen LogP contribution in [0.5, 0.6) is 0 Å². The maximum Gasteiger partial charge on any atom is 0.240 e. The highest BCUT2D eigenvalue weighted by Gasteiger charge is 2.27. The highest BCUT2D eigenvalue weighted by atomic mass is 79.9. The number of hydrogen-bond donors (Lipinski definition) is 1. The van der Waals surface area contributed by atoms with Crippen LogP contribution < -0.4 is 5.73 Å².